The minimum absolute atomic E-state index is 0.0326. The SMILES string of the molecule is CCNC(=O)CNS(=O)(=O)c1ccccc1C#CCN. The first kappa shape index (κ1) is 16.2. The van der Waals surface area contributed by atoms with E-state index in [-0.39, 0.29) is 23.9 Å². The van der Waals surface area contributed by atoms with Gasteiger partial charge in [-0.05, 0) is 19.1 Å². The summed E-state index contributed by atoms with van der Waals surface area (Å²) in [6, 6.07) is 6.29. The third kappa shape index (κ3) is 4.66. The van der Waals surface area contributed by atoms with Crippen LogP contribution in [0.3, 0.4) is 0 Å². The van der Waals surface area contributed by atoms with Crippen LogP contribution >= 0.6 is 0 Å². The first-order chi connectivity index (χ1) is 9.51. The zero-order chi connectivity index (χ0) is 15.0. The Morgan fingerprint density at radius 3 is 2.70 bits per heavy atom. The number of amides is 1. The summed E-state index contributed by atoms with van der Waals surface area (Å²) >= 11 is 0. The molecule has 0 aliphatic rings. The predicted octanol–water partition coefficient (Wildman–Crippen LogP) is -0.589. The fourth-order valence-corrected chi connectivity index (χ4v) is 2.59. The summed E-state index contributed by atoms with van der Waals surface area (Å²) in [6.45, 7) is 2.03. The number of carbonyl (C=O) groups is 1. The number of hydrogen-bond donors (Lipinski definition) is 3. The van der Waals surface area contributed by atoms with E-state index in [4.69, 9.17) is 5.73 Å². The summed E-state index contributed by atoms with van der Waals surface area (Å²) < 4.78 is 26.5. The minimum Gasteiger partial charge on any atom is -0.355 e. The van der Waals surface area contributed by atoms with Crippen molar-refractivity contribution in [2.75, 3.05) is 19.6 Å². The number of sulfonamides is 1. The van der Waals surface area contributed by atoms with Gasteiger partial charge in [0.15, 0.2) is 0 Å². The monoisotopic (exact) mass is 295 g/mol. The summed E-state index contributed by atoms with van der Waals surface area (Å²) in [5.74, 6) is 4.92. The predicted molar refractivity (Wildman–Crippen MR) is 76.2 cm³/mol. The quantitative estimate of drug-likeness (QED) is 0.632. The standard InChI is InChI=1S/C13H17N3O3S/c1-2-15-13(17)10-16-20(18,19)12-8-4-3-6-11(12)7-5-9-14/h3-4,6,8,16H,2,9-10,14H2,1H3,(H,15,17). The topological polar surface area (TPSA) is 101 Å². The van der Waals surface area contributed by atoms with Crippen molar-refractivity contribution in [1.29, 1.82) is 0 Å². The number of rotatable bonds is 5. The maximum Gasteiger partial charge on any atom is 0.242 e. The van der Waals surface area contributed by atoms with Crippen LogP contribution in [0.2, 0.25) is 0 Å². The number of carbonyl (C=O) groups excluding carboxylic acids is 1. The highest BCUT2D eigenvalue weighted by molar-refractivity contribution is 7.89. The third-order valence-corrected chi connectivity index (χ3v) is 3.76. The van der Waals surface area contributed by atoms with Crippen molar-refractivity contribution in [3.8, 4) is 11.8 Å². The second kappa shape index (κ2) is 7.65. The first-order valence-corrected chi connectivity index (χ1v) is 7.54. The number of likely N-dealkylation sites (N-methyl/N-ethyl adjacent to an activating group) is 1. The summed E-state index contributed by atoms with van der Waals surface area (Å²) in [5.41, 5.74) is 5.62. The lowest BCUT2D eigenvalue weighted by atomic mass is 10.2. The smallest absolute Gasteiger partial charge is 0.242 e. The van der Waals surface area contributed by atoms with E-state index in [1.165, 1.54) is 6.07 Å². The van der Waals surface area contributed by atoms with Crippen molar-refractivity contribution < 1.29 is 13.2 Å². The van der Waals surface area contributed by atoms with Crippen molar-refractivity contribution in [3.05, 3.63) is 29.8 Å². The van der Waals surface area contributed by atoms with Crippen LogP contribution in [0.5, 0.6) is 0 Å². The van der Waals surface area contributed by atoms with Crippen molar-refractivity contribution in [3.63, 3.8) is 0 Å². The van der Waals surface area contributed by atoms with E-state index in [0.717, 1.165) is 0 Å². The Bertz CT molecular complexity index is 630. The highest BCUT2D eigenvalue weighted by Crippen LogP contribution is 2.13. The average Bonchev–Trinajstić information content (AvgIpc) is 2.44. The van der Waals surface area contributed by atoms with E-state index in [2.05, 4.69) is 21.9 Å². The molecule has 1 aromatic rings. The molecule has 0 aliphatic carbocycles. The van der Waals surface area contributed by atoms with Gasteiger partial charge in [0.25, 0.3) is 0 Å². The van der Waals surface area contributed by atoms with Gasteiger partial charge in [0.05, 0.1) is 18.0 Å². The van der Waals surface area contributed by atoms with Crippen molar-refractivity contribution >= 4 is 15.9 Å². The highest BCUT2D eigenvalue weighted by Gasteiger charge is 2.18. The molecule has 20 heavy (non-hydrogen) atoms. The lowest BCUT2D eigenvalue weighted by molar-refractivity contribution is -0.119. The van der Waals surface area contributed by atoms with E-state index in [1.807, 2.05) is 0 Å². The van der Waals surface area contributed by atoms with Crippen LogP contribution in [0, 0.1) is 11.8 Å². The Balaban J connectivity index is 2.95. The van der Waals surface area contributed by atoms with E-state index in [9.17, 15) is 13.2 Å². The second-order valence-electron chi connectivity index (χ2n) is 3.78. The molecule has 0 fully saturated rings. The van der Waals surface area contributed by atoms with Crippen LogP contribution in [0.25, 0.3) is 0 Å². The number of nitrogens with two attached hydrogens (primary N) is 1. The van der Waals surface area contributed by atoms with Gasteiger partial charge in [-0.1, -0.05) is 24.0 Å². The van der Waals surface area contributed by atoms with Gasteiger partial charge in [0.1, 0.15) is 0 Å². The van der Waals surface area contributed by atoms with Crippen LogP contribution in [0.15, 0.2) is 29.2 Å². The van der Waals surface area contributed by atoms with Gasteiger partial charge < -0.3 is 11.1 Å². The Hall–Kier alpha value is -1.88. The van der Waals surface area contributed by atoms with E-state index in [0.29, 0.717) is 12.1 Å². The average molecular weight is 295 g/mol. The molecular weight excluding hydrogens is 278 g/mol. The molecule has 0 aliphatic heterocycles. The van der Waals surface area contributed by atoms with Gasteiger partial charge in [-0.2, -0.15) is 0 Å². The molecule has 7 heteroatoms. The molecule has 0 unspecified atom stereocenters. The van der Waals surface area contributed by atoms with Gasteiger partial charge in [-0.25, -0.2) is 13.1 Å². The largest absolute Gasteiger partial charge is 0.355 e. The summed E-state index contributed by atoms with van der Waals surface area (Å²) in [6.07, 6.45) is 0. The highest BCUT2D eigenvalue weighted by atomic mass is 32.2. The van der Waals surface area contributed by atoms with Crippen LogP contribution in [-0.4, -0.2) is 34.0 Å². The van der Waals surface area contributed by atoms with Gasteiger partial charge >= 0.3 is 0 Å². The van der Waals surface area contributed by atoms with Crippen LogP contribution < -0.4 is 15.8 Å². The summed E-state index contributed by atoms with van der Waals surface area (Å²) in [4.78, 5) is 11.3. The molecule has 6 nitrogen and oxygen atoms in total. The molecule has 0 heterocycles. The Morgan fingerprint density at radius 1 is 1.35 bits per heavy atom. The lowest BCUT2D eigenvalue weighted by Gasteiger charge is -2.08. The number of hydrogen-bond acceptors (Lipinski definition) is 4. The molecule has 1 amide bonds. The Kier molecular flexibility index (Phi) is 6.18. The van der Waals surface area contributed by atoms with Gasteiger partial charge in [0.2, 0.25) is 15.9 Å². The molecule has 0 aromatic heterocycles. The fraction of sp³-hybridized carbons (Fsp3) is 0.308. The molecule has 0 bridgehead atoms. The van der Waals surface area contributed by atoms with Crippen molar-refractivity contribution in [1.82, 2.24) is 10.0 Å². The zero-order valence-corrected chi connectivity index (χ0v) is 12.0. The molecule has 0 radical (unpaired) electrons. The maximum atomic E-state index is 12.1. The van der Waals surface area contributed by atoms with E-state index in [1.54, 1.807) is 25.1 Å². The van der Waals surface area contributed by atoms with Crippen LogP contribution in [-0.2, 0) is 14.8 Å². The van der Waals surface area contributed by atoms with Gasteiger partial charge in [-0.3, -0.25) is 4.79 Å². The minimum atomic E-state index is -3.79. The third-order valence-electron chi connectivity index (χ3n) is 2.30. The summed E-state index contributed by atoms with van der Waals surface area (Å²) in [5, 5.41) is 2.51. The number of benzene rings is 1. The summed E-state index contributed by atoms with van der Waals surface area (Å²) in [7, 11) is -3.79. The van der Waals surface area contributed by atoms with Gasteiger partial charge in [0, 0.05) is 12.1 Å². The van der Waals surface area contributed by atoms with Crippen molar-refractivity contribution in [2.45, 2.75) is 11.8 Å². The molecule has 0 atom stereocenters. The maximum absolute atomic E-state index is 12.1. The van der Waals surface area contributed by atoms with E-state index >= 15 is 0 Å². The molecule has 0 saturated carbocycles. The molecule has 1 aromatic carbocycles. The van der Waals surface area contributed by atoms with Crippen LogP contribution in [0.4, 0.5) is 0 Å². The Labute approximate surface area is 118 Å². The normalized spacial score (nSPS) is 10.5. The van der Waals surface area contributed by atoms with Gasteiger partial charge in [-0.15, -0.1) is 0 Å². The molecular formula is C13H17N3O3S. The molecule has 0 spiro atoms. The van der Waals surface area contributed by atoms with Crippen LogP contribution in [0.1, 0.15) is 12.5 Å². The molecule has 1 rings (SSSR count). The first-order valence-electron chi connectivity index (χ1n) is 6.05. The molecule has 4 N–H and O–H groups in total. The lowest BCUT2D eigenvalue weighted by Crippen LogP contribution is -2.36. The zero-order valence-electron chi connectivity index (χ0n) is 11.1. The second-order valence-corrected chi connectivity index (χ2v) is 5.52. The molecule has 0 saturated heterocycles. The fourth-order valence-electron chi connectivity index (χ4n) is 1.45. The Morgan fingerprint density at radius 2 is 2.05 bits per heavy atom. The number of nitrogens with one attached hydrogen (secondary N) is 2. The molecule has 108 valence electrons. The van der Waals surface area contributed by atoms with Crippen molar-refractivity contribution in [2.24, 2.45) is 5.73 Å². The van der Waals surface area contributed by atoms with E-state index < -0.39 is 10.0 Å².